The van der Waals surface area contributed by atoms with Crippen molar-refractivity contribution in [2.45, 2.75) is 91.1 Å². The number of hydrogen-bond donors (Lipinski definition) is 0. The summed E-state index contributed by atoms with van der Waals surface area (Å²) >= 11 is 0. The molecule has 4 fully saturated rings. The number of carbonyl (C=O) groups excluding carboxylic acids is 1. The lowest BCUT2D eigenvalue weighted by atomic mass is 9.45. The van der Waals surface area contributed by atoms with Gasteiger partial charge < -0.3 is 4.74 Å². The van der Waals surface area contributed by atoms with Crippen molar-refractivity contribution in [3.05, 3.63) is 35.9 Å². The molecule has 0 heterocycles. The molecular formula is C28H40O2. The molecule has 0 saturated heterocycles. The Morgan fingerprint density at radius 1 is 0.900 bits per heavy atom. The molecule has 164 valence electrons. The number of hydrogen-bond acceptors (Lipinski definition) is 2. The summed E-state index contributed by atoms with van der Waals surface area (Å²) in [6, 6.07) is 9.50. The Balaban J connectivity index is 1.32. The van der Waals surface area contributed by atoms with Crippen LogP contribution in [0.1, 0.15) is 95.3 Å². The van der Waals surface area contributed by atoms with Crippen molar-refractivity contribution >= 4 is 5.97 Å². The Bertz CT molecular complexity index is 772. The first-order valence-electron chi connectivity index (χ1n) is 12.7. The second kappa shape index (κ2) is 7.68. The molecule has 0 amide bonds. The standard InChI is InChI=1S/C28H40O2/c1-19(30-26(29)20-9-5-4-6-10-20)23-14-15-24-22-13-12-21-11-7-8-17-27(21,2)25(22)16-18-28(23,24)3/h4-6,9-10,19,21-25H,7-8,11-18H2,1-3H3. The second-order valence-electron chi connectivity index (χ2n) is 11.6. The van der Waals surface area contributed by atoms with Crippen molar-refractivity contribution in [2.24, 2.45) is 40.4 Å². The zero-order valence-electron chi connectivity index (χ0n) is 19.2. The van der Waals surface area contributed by atoms with Crippen LogP contribution in [0.5, 0.6) is 0 Å². The van der Waals surface area contributed by atoms with Gasteiger partial charge in [-0.05, 0) is 105 Å². The second-order valence-corrected chi connectivity index (χ2v) is 11.6. The van der Waals surface area contributed by atoms with Crippen LogP contribution in [0.25, 0.3) is 0 Å². The summed E-state index contributed by atoms with van der Waals surface area (Å²) in [4.78, 5) is 12.7. The average Bonchev–Trinajstić information content (AvgIpc) is 3.11. The fourth-order valence-electron chi connectivity index (χ4n) is 9.00. The molecule has 0 aliphatic heterocycles. The summed E-state index contributed by atoms with van der Waals surface area (Å²) in [6.45, 7) is 7.37. The van der Waals surface area contributed by atoms with Crippen molar-refractivity contribution < 1.29 is 9.53 Å². The summed E-state index contributed by atoms with van der Waals surface area (Å²) in [5.74, 6) is 4.02. The smallest absolute Gasteiger partial charge is 0.338 e. The van der Waals surface area contributed by atoms with E-state index < -0.39 is 0 Å². The molecule has 0 radical (unpaired) electrons. The van der Waals surface area contributed by atoms with Gasteiger partial charge in [-0.2, -0.15) is 0 Å². The lowest BCUT2D eigenvalue weighted by Gasteiger charge is -2.60. The molecule has 1 aromatic carbocycles. The summed E-state index contributed by atoms with van der Waals surface area (Å²) in [6.07, 6.45) is 14.1. The zero-order chi connectivity index (χ0) is 20.9. The number of ether oxygens (including phenoxy) is 1. The molecule has 0 spiro atoms. The summed E-state index contributed by atoms with van der Waals surface area (Å²) in [5.41, 5.74) is 1.62. The first-order valence-corrected chi connectivity index (χ1v) is 12.7. The molecule has 0 aromatic heterocycles. The number of rotatable bonds is 3. The predicted octanol–water partition coefficient (Wildman–Crippen LogP) is 7.28. The monoisotopic (exact) mass is 408 g/mol. The molecule has 1 aromatic rings. The Morgan fingerprint density at radius 2 is 1.67 bits per heavy atom. The molecule has 2 nitrogen and oxygen atoms in total. The molecule has 0 N–H and O–H groups in total. The normalized spacial score (nSPS) is 43.8. The fourth-order valence-corrected chi connectivity index (χ4v) is 9.00. The van der Waals surface area contributed by atoms with E-state index in [1.807, 2.05) is 30.3 Å². The minimum Gasteiger partial charge on any atom is -0.459 e. The molecule has 4 aliphatic rings. The highest BCUT2D eigenvalue weighted by molar-refractivity contribution is 5.89. The van der Waals surface area contributed by atoms with E-state index in [-0.39, 0.29) is 12.1 Å². The van der Waals surface area contributed by atoms with Crippen molar-refractivity contribution in [1.29, 1.82) is 0 Å². The molecule has 0 bridgehead atoms. The van der Waals surface area contributed by atoms with Gasteiger partial charge in [-0.1, -0.05) is 44.9 Å². The van der Waals surface area contributed by atoms with E-state index in [1.165, 1.54) is 64.2 Å². The lowest BCUT2D eigenvalue weighted by Crippen LogP contribution is -2.53. The molecule has 8 atom stereocenters. The van der Waals surface area contributed by atoms with Crippen LogP contribution in [0.15, 0.2) is 30.3 Å². The number of carbonyl (C=O) groups is 1. The van der Waals surface area contributed by atoms with Gasteiger partial charge in [0.15, 0.2) is 0 Å². The van der Waals surface area contributed by atoms with E-state index in [0.717, 1.165) is 23.7 Å². The minimum absolute atomic E-state index is 0.00543. The maximum absolute atomic E-state index is 12.7. The van der Waals surface area contributed by atoms with Crippen LogP contribution in [-0.4, -0.2) is 12.1 Å². The van der Waals surface area contributed by atoms with Crippen LogP contribution in [0.2, 0.25) is 0 Å². The lowest BCUT2D eigenvalue weighted by molar-refractivity contribution is -0.119. The highest BCUT2D eigenvalue weighted by Crippen LogP contribution is 2.67. The van der Waals surface area contributed by atoms with Gasteiger partial charge in [0.2, 0.25) is 0 Å². The van der Waals surface area contributed by atoms with E-state index in [0.29, 0.717) is 22.3 Å². The Labute approximate surface area is 183 Å². The van der Waals surface area contributed by atoms with Gasteiger partial charge in [-0.3, -0.25) is 0 Å². The summed E-state index contributed by atoms with van der Waals surface area (Å²) in [5, 5.41) is 0. The maximum Gasteiger partial charge on any atom is 0.338 e. The van der Waals surface area contributed by atoms with Gasteiger partial charge in [0.05, 0.1) is 5.56 Å². The molecular weight excluding hydrogens is 368 g/mol. The molecule has 5 rings (SSSR count). The van der Waals surface area contributed by atoms with Gasteiger partial charge in [-0.25, -0.2) is 4.79 Å². The first-order chi connectivity index (χ1) is 14.4. The van der Waals surface area contributed by atoms with E-state index in [2.05, 4.69) is 20.8 Å². The van der Waals surface area contributed by atoms with Crippen molar-refractivity contribution in [2.75, 3.05) is 0 Å². The Hall–Kier alpha value is -1.31. The van der Waals surface area contributed by atoms with E-state index in [9.17, 15) is 4.79 Å². The molecule has 2 heteroatoms. The first kappa shape index (κ1) is 20.6. The largest absolute Gasteiger partial charge is 0.459 e. The third-order valence-electron chi connectivity index (χ3n) is 10.5. The topological polar surface area (TPSA) is 26.3 Å². The van der Waals surface area contributed by atoms with Gasteiger partial charge >= 0.3 is 5.97 Å². The van der Waals surface area contributed by atoms with E-state index >= 15 is 0 Å². The maximum atomic E-state index is 12.7. The molecule has 30 heavy (non-hydrogen) atoms. The number of fused-ring (bicyclic) bond motifs is 5. The third-order valence-corrected chi connectivity index (χ3v) is 10.5. The van der Waals surface area contributed by atoms with Gasteiger partial charge in [-0.15, -0.1) is 0 Å². The highest BCUT2D eigenvalue weighted by atomic mass is 16.5. The van der Waals surface area contributed by atoms with Crippen LogP contribution in [-0.2, 0) is 4.74 Å². The number of esters is 1. The van der Waals surface area contributed by atoms with Crippen molar-refractivity contribution in [3.8, 4) is 0 Å². The van der Waals surface area contributed by atoms with Gasteiger partial charge in [0, 0.05) is 5.92 Å². The SMILES string of the molecule is CC(OC(=O)c1ccccc1)C1CCC2C3CCC4CCCCC4(C)C3CCC12C. The van der Waals surface area contributed by atoms with E-state index in [4.69, 9.17) is 4.74 Å². The Kier molecular flexibility index (Phi) is 5.27. The van der Waals surface area contributed by atoms with Gasteiger partial charge in [0.25, 0.3) is 0 Å². The van der Waals surface area contributed by atoms with Crippen molar-refractivity contribution in [3.63, 3.8) is 0 Å². The van der Waals surface area contributed by atoms with Crippen LogP contribution in [0, 0.1) is 40.4 Å². The van der Waals surface area contributed by atoms with Gasteiger partial charge in [0.1, 0.15) is 6.10 Å². The quantitative estimate of drug-likeness (QED) is 0.491. The number of benzene rings is 1. The zero-order valence-corrected chi connectivity index (χ0v) is 19.2. The Morgan fingerprint density at radius 3 is 2.47 bits per heavy atom. The van der Waals surface area contributed by atoms with E-state index in [1.54, 1.807) is 0 Å². The average molecular weight is 409 g/mol. The molecule has 8 unspecified atom stereocenters. The van der Waals surface area contributed by atoms with Crippen LogP contribution >= 0.6 is 0 Å². The molecule has 4 saturated carbocycles. The van der Waals surface area contributed by atoms with Crippen LogP contribution in [0.3, 0.4) is 0 Å². The third kappa shape index (κ3) is 3.16. The van der Waals surface area contributed by atoms with Crippen molar-refractivity contribution in [1.82, 2.24) is 0 Å². The summed E-state index contributed by atoms with van der Waals surface area (Å²) in [7, 11) is 0. The highest BCUT2D eigenvalue weighted by Gasteiger charge is 2.60. The molecule has 4 aliphatic carbocycles. The summed E-state index contributed by atoms with van der Waals surface area (Å²) < 4.78 is 6.04. The van der Waals surface area contributed by atoms with Crippen LogP contribution < -0.4 is 0 Å². The van der Waals surface area contributed by atoms with Crippen LogP contribution in [0.4, 0.5) is 0 Å². The predicted molar refractivity (Wildman–Crippen MR) is 121 cm³/mol. The fraction of sp³-hybridized carbons (Fsp3) is 0.750. The minimum atomic E-state index is -0.154.